The third-order valence-corrected chi connectivity index (χ3v) is 13.5. The molecule has 6 N–H and O–H groups in total. The number of aromatic nitrogens is 2. The smallest absolute Gasteiger partial charge is 0.340 e. The molecule has 4 atom stereocenters. The Morgan fingerprint density at radius 2 is 1.60 bits per heavy atom. The van der Waals surface area contributed by atoms with Crippen LogP contribution in [0.4, 0.5) is 10.1 Å². The summed E-state index contributed by atoms with van der Waals surface area (Å²) < 4.78 is 25.9. The Morgan fingerprint density at radius 1 is 0.893 bits per heavy atom. The van der Waals surface area contributed by atoms with Gasteiger partial charge in [0.05, 0.1) is 59.6 Å². The summed E-state index contributed by atoms with van der Waals surface area (Å²) in [4.78, 5) is 117. The van der Waals surface area contributed by atoms with E-state index in [-0.39, 0.29) is 66.8 Å². The lowest BCUT2D eigenvalue weighted by Gasteiger charge is -2.26. The summed E-state index contributed by atoms with van der Waals surface area (Å²) in [5.74, 6) is -4.77. The van der Waals surface area contributed by atoms with Gasteiger partial charge >= 0.3 is 5.97 Å². The molecule has 1 aliphatic carbocycles. The van der Waals surface area contributed by atoms with Crippen LogP contribution in [0.1, 0.15) is 94.9 Å². The summed E-state index contributed by atoms with van der Waals surface area (Å²) in [6.45, 7) is 6.88. The molecule has 22 heteroatoms. The normalized spacial score (nSPS) is 17.1. The van der Waals surface area contributed by atoms with Gasteiger partial charge < -0.3 is 45.7 Å². The van der Waals surface area contributed by atoms with E-state index >= 15 is 0 Å². The fourth-order valence-electron chi connectivity index (χ4n) is 9.32. The third kappa shape index (κ3) is 11.9. The average molecular weight is 1050 g/mol. The quantitative estimate of drug-likeness (QED) is 0.0359. The molecule has 7 amide bonds. The molecule has 0 spiro atoms. The zero-order chi connectivity index (χ0) is 54.2. The molecule has 4 aliphatic rings. The number of cyclic esters (lactones) is 1. The standard InChI is InChI=1S/C28H32N6O8S.C23H19FN2O4.C2H6/c1-42-16-32-23(36)14-31-27(40)20(10-17-6-3-2-4-7-17)33-24(37)15-29-22(35)13-30-26(39)18-8-5-9-19(11-18)34-25(38)12-21(43)28(34)41;1-9-3-4-11-10(2)15(24)6-16-19(11)18(9)13-7-26-17(20(13)25-16)5-12-14(22(26)28)8-30-23(29)21(12)27;1-2/h2-9,11,20-21,43H,10,12-16H2,1H3,(H,29,35)(H,30,39)(H,31,40)(H,32,36)(H,33,37);5-6,9,21,27H,3-4,7-8H2,1-2H3;1-2H3. The van der Waals surface area contributed by atoms with E-state index in [0.29, 0.717) is 34.6 Å². The Hall–Kier alpha value is -7.82. The van der Waals surface area contributed by atoms with Gasteiger partial charge in [0.1, 0.15) is 25.2 Å². The first kappa shape index (κ1) is 54.9. The maximum absolute atomic E-state index is 14.6. The molecule has 0 bridgehead atoms. The second-order valence-electron chi connectivity index (χ2n) is 17.9. The molecule has 4 unspecified atom stereocenters. The van der Waals surface area contributed by atoms with Crippen LogP contribution in [0.2, 0.25) is 0 Å². The third-order valence-electron chi connectivity index (χ3n) is 13.1. The van der Waals surface area contributed by atoms with Crippen LogP contribution in [0.25, 0.3) is 22.3 Å². The van der Waals surface area contributed by atoms with Crippen molar-refractivity contribution in [3.05, 3.63) is 127 Å². The van der Waals surface area contributed by atoms with Crippen LogP contribution < -0.4 is 37.0 Å². The van der Waals surface area contributed by atoms with Crippen LogP contribution in [0.3, 0.4) is 0 Å². The molecule has 20 nitrogen and oxygen atoms in total. The van der Waals surface area contributed by atoms with Gasteiger partial charge in [-0.15, -0.1) is 0 Å². The average Bonchev–Trinajstić information content (AvgIpc) is 3.94. The molecule has 394 valence electrons. The number of pyridine rings is 2. The van der Waals surface area contributed by atoms with Crippen LogP contribution >= 0.6 is 12.6 Å². The number of benzene rings is 3. The van der Waals surface area contributed by atoms with Gasteiger partial charge in [-0.2, -0.15) is 12.6 Å². The number of amides is 7. The number of aryl methyl sites for hydroxylation is 1. The molecule has 3 aromatic carbocycles. The van der Waals surface area contributed by atoms with Crippen molar-refractivity contribution in [2.75, 3.05) is 38.4 Å². The first-order chi connectivity index (χ1) is 35.9. The summed E-state index contributed by atoms with van der Waals surface area (Å²) in [5, 5.41) is 22.7. The van der Waals surface area contributed by atoms with E-state index in [1.807, 2.05) is 20.8 Å². The molecule has 0 saturated carbocycles. The molecule has 75 heavy (non-hydrogen) atoms. The van der Waals surface area contributed by atoms with E-state index in [9.17, 15) is 52.6 Å². The van der Waals surface area contributed by atoms with Crippen molar-refractivity contribution < 1.29 is 57.3 Å². The number of thiol groups is 1. The van der Waals surface area contributed by atoms with Crippen molar-refractivity contribution in [1.29, 1.82) is 0 Å². The van der Waals surface area contributed by atoms with Crippen LogP contribution in [0.15, 0.2) is 71.5 Å². The number of methoxy groups -OCH3 is 1. The van der Waals surface area contributed by atoms with Gasteiger partial charge in [-0.25, -0.2) is 19.1 Å². The first-order valence-electron chi connectivity index (χ1n) is 24.3. The number of halogens is 1. The van der Waals surface area contributed by atoms with Crippen LogP contribution in [-0.2, 0) is 69.0 Å². The summed E-state index contributed by atoms with van der Waals surface area (Å²) in [6.07, 6.45) is 0.314. The molecule has 5 aromatic rings. The highest BCUT2D eigenvalue weighted by atomic mass is 32.1. The minimum atomic E-state index is -1.49. The van der Waals surface area contributed by atoms with Crippen LogP contribution in [0.5, 0.6) is 0 Å². The Balaban J connectivity index is 0.000000223. The van der Waals surface area contributed by atoms with Gasteiger partial charge in [0.25, 0.3) is 11.5 Å². The first-order valence-corrected chi connectivity index (χ1v) is 24.8. The predicted octanol–water partition coefficient (Wildman–Crippen LogP) is 2.70. The number of nitrogens with zero attached hydrogens (tertiary/aromatic N) is 3. The minimum Gasteiger partial charge on any atom is -0.458 e. The molecule has 1 saturated heterocycles. The topological polar surface area (TPSA) is 274 Å². The summed E-state index contributed by atoms with van der Waals surface area (Å²) in [5.41, 5.74) is 6.92. The van der Waals surface area contributed by atoms with Crippen molar-refractivity contribution in [3.63, 3.8) is 0 Å². The summed E-state index contributed by atoms with van der Waals surface area (Å²) in [7, 11) is 1.40. The van der Waals surface area contributed by atoms with Crippen molar-refractivity contribution in [1.82, 2.24) is 36.1 Å². The van der Waals surface area contributed by atoms with Gasteiger partial charge in [-0.05, 0) is 72.2 Å². The second-order valence-corrected chi connectivity index (χ2v) is 18.5. The largest absolute Gasteiger partial charge is 0.458 e. The minimum absolute atomic E-state index is 0.0250. The number of aliphatic hydroxyl groups is 1. The second kappa shape index (κ2) is 24.0. The Kier molecular flexibility index (Phi) is 17.6. The molecule has 2 aromatic heterocycles. The number of rotatable bonds is 14. The number of fused-ring (bicyclic) bond motifs is 5. The lowest BCUT2D eigenvalue weighted by atomic mass is 9.79. The van der Waals surface area contributed by atoms with Gasteiger partial charge in [0, 0.05) is 48.1 Å². The number of hydrogen-bond acceptors (Lipinski definition) is 14. The van der Waals surface area contributed by atoms with E-state index in [1.165, 1.54) is 37.4 Å². The number of hydrogen-bond donors (Lipinski definition) is 7. The van der Waals surface area contributed by atoms with E-state index in [4.69, 9.17) is 14.5 Å². The Morgan fingerprint density at radius 3 is 2.31 bits per heavy atom. The molecular weight excluding hydrogens is 992 g/mol. The fourth-order valence-corrected chi connectivity index (χ4v) is 9.59. The lowest BCUT2D eigenvalue weighted by Crippen LogP contribution is -2.52. The Bertz CT molecular complexity index is 3170. The molecule has 0 radical (unpaired) electrons. The highest BCUT2D eigenvalue weighted by Crippen LogP contribution is 2.45. The Labute approximate surface area is 435 Å². The van der Waals surface area contributed by atoms with Crippen LogP contribution in [-0.4, -0.2) is 107 Å². The van der Waals surface area contributed by atoms with E-state index in [0.717, 1.165) is 45.4 Å². The number of ether oxygens (including phenoxy) is 2. The number of carbonyl (C=O) groups excluding carboxylic acids is 8. The molecular formula is C53H57FN8O12S. The van der Waals surface area contributed by atoms with Gasteiger partial charge in [0.15, 0.2) is 6.10 Å². The van der Waals surface area contributed by atoms with Crippen molar-refractivity contribution in [2.45, 2.75) is 89.8 Å². The lowest BCUT2D eigenvalue weighted by molar-refractivity contribution is -0.157. The zero-order valence-corrected chi connectivity index (χ0v) is 42.7. The van der Waals surface area contributed by atoms with E-state index < -0.39 is 77.8 Å². The number of aliphatic hydroxyl groups excluding tert-OH is 1. The number of nitrogens with one attached hydrogen (secondary N) is 5. The molecule has 3 aliphatic heterocycles. The molecule has 1 fully saturated rings. The maximum Gasteiger partial charge on any atom is 0.340 e. The SMILES string of the molecule is CC.COCNC(=O)CNC(=O)C(Cc1ccccc1)NC(=O)CNC(=O)CNC(=O)c1cccc(N2C(=O)CC(S)C2=O)c1.Cc1c(F)cc2nc3c(c4c2c1CCC4C)Cn1c-3cc2c(c1=O)COC(=O)C2O. The monoisotopic (exact) mass is 1050 g/mol. The van der Waals surface area contributed by atoms with E-state index in [1.54, 1.807) is 41.0 Å². The van der Waals surface area contributed by atoms with Crippen molar-refractivity contribution in [2.24, 2.45) is 0 Å². The summed E-state index contributed by atoms with van der Waals surface area (Å²) >= 11 is 4.09. The molecule has 9 rings (SSSR count). The highest BCUT2D eigenvalue weighted by Gasteiger charge is 2.39. The summed E-state index contributed by atoms with van der Waals surface area (Å²) in [6, 6.07) is 16.8. The number of esters is 1. The zero-order valence-electron chi connectivity index (χ0n) is 41.8. The fraction of sp³-hybridized carbons (Fsp3) is 0.358. The van der Waals surface area contributed by atoms with Crippen LogP contribution in [0, 0.1) is 12.7 Å². The number of anilines is 1. The van der Waals surface area contributed by atoms with Gasteiger partial charge in [-0.3, -0.25) is 38.4 Å². The van der Waals surface area contributed by atoms with Crippen molar-refractivity contribution in [3.8, 4) is 11.4 Å². The maximum atomic E-state index is 14.6. The highest BCUT2D eigenvalue weighted by molar-refractivity contribution is 7.82. The number of carbonyl (C=O) groups is 8. The van der Waals surface area contributed by atoms with E-state index in [2.05, 4.69) is 46.1 Å². The van der Waals surface area contributed by atoms with Gasteiger partial charge in [0.2, 0.25) is 35.4 Å². The predicted molar refractivity (Wildman–Crippen MR) is 275 cm³/mol. The number of imide groups is 1. The van der Waals surface area contributed by atoms with Gasteiger partial charge in [-0.1, -0.05) is 57.2 Å². The molecule has 5 heterocycles. The van der Waals surface area contributed by atoms with Crippen molar-refractivity contribution >= 4 is 76.5 Å².